The lowest BCUT2D eigenvalue weighted by Gasteiger charge is -2.11. The maximum Gasteiger partial charge on any atom is 0.331 e. The number of pyridine rings is 1. The number of hydrogen-bond acceptors (Lipinski definition) is 5. The number of aromatic nitrogens is 1. The Hall–Kier alpha value is -4.00. The molecule has 31 heavy (non-hydrogen) atoms. The summed E-state index contributed by atoms with van der Waals surface area (Å²) in [5.74, 6) is -1.43. The molecule has 1 aromatic heterocycles. The molecule has 156 valence electrons. The predicted molar refractivity (Wildman–Crippen MR) is 117 cm³/mol. The van der Waals surface area contributed by atoms with Gasteiger partial charge in [-0.2, -0.15) is 0 Å². The van der Waals surface area contributed by atoms with Crippen molar-refractivity contribution in [3.63, 3.8) is 0 Å². The van der Waals surface area contributed by atoms with Gasteiger partial charge in [0.1, 0.15) is 0 Å². The molecule has 3 aromatic rings. The topological polar surface area (TPSA) is 97.4 Å². The summed E-state index contributed by atoms with van der Waals surface area (Å²) in [4.78, 5) is 40.9. The van der Waals surface area contributed by atoms with E-state index < -0.39 is 18.5 Å². The van der Waals surface area contributed by atoms with Crippen LogP contribution in [-0.4, -0.2) is 35.4 Å². The molecule has 0 saturated heterocycles. The van der Waals surface area contributed by atoms with E-state index in [4.69, 9.17) is 4.74 Å². The van der Waals surface area contributed by atoms with Gasteiger partial charge in [-0.25, -0.2) is 9.78 Å². The van der Waals surface area contributed by atoms with E-state index in [1.54, 1.807) is 30.3 Å². The zero-order chi connectivity index (χ0) is 21.6. The molecule has 2 aromatic carbocycles. The van der Waals surface area contributed by atoms with E-state index >= 15 is 0 Å². The molecule has 1 saturated carbocycles. The van der Waals surface area contributed by atoms with Crippen LogP contribution < -0.4 is 10.6 Å². The molecule has 0 unspecified atom stereocenters. The molecule has 0 spiro atoms. The molecular weight excluding hydrogens is 394 g/mol. The second-order valence-corrected chi connectivity index (χ2v) is 7.21. The Morgan fingerprint density at radius 2 is 1.77 bits per heavy atom. The van der Waals surface area contributed by atoms with Crippen LogP contribution in [-0.2, 0) is 14.3 Å². The molecular formula is C24H21N3O4. The maximum absolute atomic E-state index is 12.3. The molecule has 7 nitrogen and oxygen atoms in total. The summed E-state index contributed by atoms with van der Waals surface area (Å²) in [6, 6.07) is 18.3. The average Bonchev–Trinajstić information content (AvgIpc) is 3.60. The first-order valence-corrected chi connectivity index (χ1v) is 9.99. The highest BCUT2D eigenvalue weighted by Gasteiger charge is 2.25. The second kappa shape index (κ2) is 9.21. The molecule has 4 rings (SSSR count). The number of para-hydroxylation sites is 2. The first-order valence-electron chi connectivity index (χ1n) is 9.99. The van der Waals surface area contributed by atoms with Gasteiger partial charge in [0, 0.05) is 17.5 Å². The molecule has 0 atom stereocenters. The zero-order valence-electron chi connectivity index (χ0n) is 16.7. The van der Waals surface area contributed by atoms with Crippen LogP contribution in [0, 0.1) is 0 Å². The summed E-state index contributed by atoms with van der Waals surface area (Å²) in [6.45, 7) is -0.465. The Morgan fingerprint density at radius 3 is 2.61 bits per heavy atom. The Kier molecular flexibility index (Phi) is 6.03. The smallest absolute Gasteiger partial charge is 0.331 e. The quantitative estimate of drug-likeness (QED) is 0.456. The number of carbonyl (C=O) groups excluding carboxylic acids is 3. The van der Waals surface area contributed by atoms with Crippen LogP contribution in [0.2, 0.25) is 0 Å². The van der Waals surface area contributed by atoms with Gasteiger partial charge in [-0.15, -0.1) is 0 Å². The molecule has 0 bridgehead atoms. The van der Waals surface area contributed by atoms with E-state index in [1.165, 1.54) is 12.2 Å². The van der Waals surface area contributed by atoms with Crippen molar-refractivity contribution in [3.05, 3.63) is 78.0 Å². The predicted octanol–water partition coefficient (Wildman–Crippen LogP) is 3.32. The Labute approximate surface area is 179 Å². The fraction of sp³-hybridized carbons (Fsp3) is 0.167. The van der Waals surface area contributed by atoms with E-state index in [9.17, 15) is 14.4 Å². The van der Waals surface area contributed by atoms with Crippen molar-refractivity contribution in [1.29, 1.82) is 0 Å². The van der Waals surface area contributed by atoms with Crippen LogP contribution in [0.15, 0.2) is 66.7 Å². The van der Waals surface area contributed by atoms with Gasteiger partial charge in [-0.05, 0) is 43.2 Å². The van der Waals surface area contributed by atoms with Gasteiger partial charge in [0.15, 0.2) is 6.61 Å². The lowest BCUT2D eigenvalue weighted by molar-refractivity contribution is -0.142. The van der Waals surface area contributed by atoms with Crippen LogP contribution >= 0.6 is 0 Å². The molecule has 1 heterocycles. The van der Waals surface area contributed by atoms with Crippen molar-refractivity contribution >= 4 is 40.4 Å². The van der Waals surface area contributed by atoms with E-state index in [2.05, 4.69) is 15.6 Å². The summed E-state index contributed by atoms with van der Waals surface area (Å²) in [5, 5.41) is 6.51. The van der Waals surface area contributed by atoms with Crippen molar-refractivity contribution in [2.45, 2.75) is 18.9 Å². The third kappa shape index (κ3) is 5.54. The number of ether oxygens (including phenoxy) is 1. The number of benzene rings is 2. The largest absolute Gasteiger partial charge is 0.452 e. The van der Waals surface area contributed by atoms with Crippen LogP contribution in [0.4, 0.5) is 5.69 Å². The number of fused-ring (bicyclic) bond motifs is 1. The van der Waals surface area contributed by atoms with Gasteiger partial charge < -0.3 is 15.4 Å². The lowest BCUT2D eigenvalue weighted by Crippen LogP contribution is -2.27. The standard InChI is InChI=1S/C24H21N3O4/c28-22(27-21-8-4-2-6-19(21)24(30)26-18-11-12-18)15-31-23(29)14-13-17-10-9-16-5-1-3-7-20(16)25-17/h1-10,13-14,18H,11-12,15H2,(H,26,30)(H,27,28)/b14-13+. The van der Waals surface area contributed by atoms with E-state index in [0.29, 0.717) is 16.9 Å². The molecule has 1 aliphatic carbocycles. The van der Waals surface area contributed by atoms with Crippen molar-refractivity contribution in [2.75, 3.05) is 11.9 Å². The highest BCUT2D eigenvalue weighted by atomic mass is 16.5. The summed E-state index contributed by atoms with van der Waals surface area (Å²) >= 11 is 0. The molecule has 2 amide bonds. The first-order chi connectivity index (χ1) is 15.1. The van der Waals surface area contributed by atoms with Gasteiger partial charge in [-0.1, -0.05) is 36.4 Å². The fourth-order valence-corrected chi connectivity index (χ4v) is 2.98. The first kappa shape index (κ1) is 20.3. The second-order valence-electron chi connectivity index (χ2n) is 7.21. The number of esters is 1. The monoisotopic (exact) mass is 415 g/mol. The molecule has 1 aliphatic rings. The van der Waals surface area contributed by atoms with Crippen LogP contribution in [0.25, 0.3) is 17.0 Å². The number of rotatable bonds is 7. The third-order valence-corrected chi connectivity index (χ3v) is 4.71. The Morgan fingerprint density at radius 1 is 1.00 bits per heavy atom. The third-order valence-electron chi connectivity index (χ3n) is 4.71. The number of hydrogen-bond donors (Lipinski definition) is 2. The highest BCUT2D eigenvalue weighted by molar-refractivity contribution is 6.04. The van der Waals surface area contributed by atoms with Gasteiger partial charge >= 0.3 is 5.97 Å². The van der Waals surface area contributed by atoms with Gasteiger partial charge in [0.2, 0.25) is 0 Å². The molecule has 0 radical (unpaired) electrons. The van der Waals surface area contributed by atoms with Gasteiger partial charge in [0.25, 0.3) is 11.8 Å². The van der Waals surface area contributed by atoms with Crippen LogP contribution in [0.5, 0.6) is 0 Å². The SMILES string of the molecule is O=C(COC(=O)/C=C/c1ccc2ccccc2n1)Nc1ccccc1C(=O)NC1CC1. The number of nitrogens with one attached hydrogen (secondary N) is 2. The Balaban J connectivity index is 1.30. The van der Waals surface area contributed by atoms with Crippen molar-refractivity contribution in [2.24, 2.45) is 0 Å². The average molecular weight is 415 g/mol. The number of nitrogens with zero attached hydrogens (tertiary/aromatic N) is 1. The van der Waals surface area contributed by atoms with Crippen LogP contribution in [0.3, 0.4) is 0 Å². The van der Waals surface area contributed by atoms with Crippen molar-refractivity contribution in [1.82, 2.24) is 10.3 Å². The number of amides is 2. The van der Waals surface area contributed by atoms with Gasteiger partial charge in [0.05, 0.1) is 22.5 Å². The maximum atomic E-state index is 12.3. The number of anilines is 1. The molecule has 2 N–H and O–H groups in total. The summed E-state index contributed by atoms with van der Waals surface area (Å²) in [7, 11) is 0. The van der Waals surface area contributed by atoms with E-state index in [0.717, 1.165) is 23.7 Å². The number of carbonyl (C=O) groups is 3. The van der Waals surface area contributed by atoms with Crippen LogP contribution in [0.1, 0.15) is 28.9 Å². The van der Waals surface area contributed by atoms with Crippen molar-refractivity contribution < 1.29 is 19.1 Å². The summed E-state index contributed by atoms with van der Waals surface area (Å²) in [6.07, 6.45) is 4.70. The highest BCUT2D eigenvalue weighted by Crippen LogP contribution is 2.21. The van der Waals surface area contributed by atoms with Crippen molar-refractivity contribution in [3.8, 4) is 0 Å². The minimum atomic E-state index is -0.662. The van der Waals surface area contributed by atoms with E-state index in [1.807, 2.05) is 30.3 Å². The summed E-state index contributed by atoms with van der Waals surface area (Å²) < 4.78 is 4.99. The zero-order valence-corrected chi connectivity index (χ0v) is 16.7. The minimum Gasteiger partial charge on any atom is -0.452 e. The van der Waals surface area contributed by atoms with E-state index in [-0.39, 0.29) is 11.9 Å². The molecule has 1 fully saturated rings. The normalized spacial score (nSPS) is 13.2. The fourth-order valence-electron chi connectivity index (χ4n) is 2.98. The Bertz CT molecular complexity index is 1170. The summed E-state index contributed by atoms with van der Waals surface area (Å²) in [5.41, 5.74) is 2.17. The lowest BCUT2D eigenvalue weighted by atomic mass is 10.1. The minimum absolute atomic E-state index is 0.209. The molecule has 7 heteroatoms. The molecule has 0 aliphatic heterocycles. The van der Waals surface area contributed by atoms with Gasteiger partial charge in [-0.3, -0.25) is 9.59 Å².